The number of ether oxygens (including phenoxy) is 1. The molecular weight excluding hydrogens is 264 g/mol. The minimum Gasteiger partial charge on any atom is -0.378 e. The topological polar surface area (TPSA) is 73.1 Å². The van der Waals surface area contributed by atoms with E-state index in [-0.39, 0.29) is 0 Å². The molecule has 6 heteroatoms. The molecular formula is C13H21ClN4O. The van der Waals surface area contributed by atoms with Gasteiger partial charge in [0, 0.05) is 19.2 Å². The van der Waals surface area contributed by atoms with Gasteiger partial charge in [-0.15, -0.1) is 0 Å². The van der Waals surface area contributed by atoms with Gasteiger partial charge in [0.2, 0.25) is 0 Å². The first-order valence-electron chi connectivity index (χ1n) is 6.82. The Morgan fingerprint density at radius 3 is 2.84 bits per heavy atom. The van der Waals surface area contributed by atoms with Crippen LogP contribution in [0, 0.1) is 0 Å². The van der Waals surface area contributed by atoms with Gasteiger partial charge in [-0.2, -0.15) is 0 Å². The van der Waals surface area contributed by atoms with E-state index < -0.39 is 0 Å². The maximum Gasteiger partial charge on any atom is 0.149 e. The van der Waals surface area contributed by atoms with Gasteiger partial charge in [-0.05, 0) is 32.1 Å². The molecule has 0 aliphatic heterocycles. The van der Waals surface area contributed by atoms with Crippen LogP contribution in [0.1, 0.15) is 32.1 Å². The third kappa shape index (κ3) is 5.30. The monoisotopic (exact) mass is 284 g/mol. The molecule has 1 aliphatic carbocycles. The van der Waals surface area contributed by atoms with E-state index >= 15 is 0 Å². The summed E-state index contributed by atoms with van der Waals surface area (Å²) in [6, 6.07) is 0.378. The SMILES string of the molecule is NC1CCC(OCCCNc2cncc(Cl)n2)CC1. The Kier molecular flexibility index (Phi) is 5.82. The van der Waals surface area contributed by atoms with Gasteiger partial charge in [0.15, 0.2) is 0 Å². The predicted octanol–water partition coefficient (Wildman–Crippen LogP) is 2.22. The third-order valence-corrected chi connectivity index (χ3v) is 3.49. The zero-order valence-electron chi connectivity index (χ0n) is 11.0. The van der Waals surface area contributed by atoms with Gasteiger partial charge in [0.05, 0.1) is 18.5 Å². The molecule has 0 amide bonds. The number of anilines is 1. The summed E-state index contributed by atoms with van der Waals surface area (Å²) in [6.07, 6.45) is 8.87. The number of halogens is 1. The molecule has 1 saturated carbocycles. The molecule has 0 spiro atoms. The number of hydrogen-bond acceptors (Lipinski definition) is 5. The fraction of sp³-hybridized carbons (Fsp3) is 0.692. The fourth-order valence-electron chi connectivity index (χ4n) is 2.22. The predicted molar refractivity (Wildman–Crippen MR) is 76.3 cm³/mol. The summed E-state index contributed by atoms with van der Waals surface area (Å²) in [5.41, 5.74) is 5.86. The first kappa shape index (κ1) is 14.5. The molecule has 0 bridgehead atoms. The first-order valence-corrected chi connectivity index (χ1v) is 7.20. The lowest BCUT2D eigenvalue weighted by molar-refractivity contribution is 0.0251. The summed E-state index contributed by atoms with van der Waals surface area (Å²) in [6.45, 7) is 1.57. The highest BCUT2D eigenvalue weighted by molar-refractivity contribution is 6.29. The van der Waals surface area contributed by atoms with Crippen molar-refractivity contribution in [2.75, 3.05) is 18.5 Å². The van der Waals surface area contributed by atoms with E-state index in [0.29, 0.717) is 23.1 Å². The summed E-state index contributed by atoms with van der Waals surface area (Å²) in [7, 11) is 0. The fourth-order valence-corrected chi connectivity index (χ4v) is 2.37. The number of nitrogens with two attached hydrogens (primary N) is 1. The van der Waals surface area contributed by atoms with E-state index in [1.165, 1.54) is 6.20 Å². The van der Waals surface area contributed by atoms with Crippen LogP contribution in [-0.4, -0.2) is 35.3 Å². The third-order valence-electron chi connectivity index (χ3n) is 3.30. The van der Waals surface area contributed by atoms with E-state index in [0.717, 1.165) is 45.3 Å². The van der Waals surface area contributed by atoms with Crippen molar-refractivity contribution >= 4 is 17.4 Å². The summed E-state index contributed by atoms with van der Waals surface area (Å²) >= 11 is 5.75. The van der Waals surface area contributed by atoms with Crippen molar-refractivity contribution in [3.8, 4) is 0 Å². The second-order valence-corrected chi connectivity index (χ2v) is 5.30. The smallest absolute Gasteiger partial charge is 0.149 e. The summed E-state index contributed by atoms with van der Waals surface area (Å²) < 4.78 is 5.84. The van der Waals surface area contributed by atoms with Gasteiger partial charge in [-0.1, -0.05) is 11.6 Å². The van der Waals surface area contributed by atoms with Crippen LogP contribution in [0.3, 0.4) is 0 Å². The van der Waals surface area contributed by atoms with Gasteiger partial charge in [0.1, 0.15) is 11.0 Å². The normalized spacial score (nSPS) is 23.3. The van der Waals surface area contributed by atoms with E-state index in [2.05, 4.69) is 15.3 Å². The lowest BCUT2D eigenvalue weighted by atomic mass is 9.94. The molecule has 1 heterocycles. The van der Waals surface area contributed by atoms with Crippen molar-refractivity contribution in [3.05, 3.63) is 17.5 Å². The van der Waals surface area contributed by atoms with Crippen LogP contribution in [0.5, 0.6) is 0 Å². The average Bonchev–Trinajstić information content (AvgIpc) is 2.41. The van der Waals surface area contributed by atoms with Gasteiger partial charge < -0.3 is 15.8 Å². The molecule has 2 rings (SSSR count). The Morgan fingerprint density at radius 2 is 2.11 bits per heavy atom. The molecule has 0 aromatic carbocycles. The van der Waals surface area contributed by atoms with E-state index in [1.807, 2.05) is 0 Å². The molecule has 0 unspecified atom stereocenters. The zero-order valence-corrected chi connectivity index (χ0v) is 11.8. The Labute approximate surface area is 118 Å². The lowest BCUT2D eigenvalue weighted by Crippen LogP contribution is -2.30. The number of aromatic nitrogens is 2. The summed E-state index contributed by atoms with van der Waals surface area (Å²) in [4.78, 5) is 8.07. The van der Waals surface area contributed by atoms with Crippen molar-refractivity contribution in [2.45, 2.75) is 44.2 Å². The van der Waals surface area contributed by atoms with Gasteiger partial charge in [-0.25, -0.2) is 4.98 Å². The molecule has 3 N–H and O–H groups in total. The molecule has 0 radical (unpaired) electrons. The minimum atomic E-state index is 0.378. The van der Waals surface area contributed by atoms with Crippen LogP contribution in [0.25, 0.3) is 0 Å². The number of hydrogen-bond donors (Lipinski definition) is 2. The van der Waals surface area contributed by atoms with Gasteiger partial charge in [0.25, 0.3) is 0 Å². The summed E-state index contributed by atoms with van der Waals surface area (Å²) in [5.74, 6) is 0.705. The second kappa shape index (κ2) is 7.62. The first-order chi connectivity index (χ1) is 9.24. The Hall–Kier alpha value is -0.910. The van der Waals surface area contributed by atoms with Crippen molar-refractivity contribution < 1.29 is 4.74 Å². The maximum atomic E-state index is 5.86. The van der Waals surface area contributed by atoms with Crippen molar-refractivity contribution in [2.24, 2.45) is 5.73 Å². The van der Waals surface area contributed by atoms with Crippen LogP contribution >= 0.6 is 11.6 Å². The molecule has 19 heavy (non-hydrogen) atoms. The largest absolute Gasteiger partial charge is 0.378 e. The zero-order chi connectivity index (χ0) is 13.5. The molecule has 5 nitrogen and oxygen atoms in total. The van der Waals surface area contributed by atoms with Crippen molar-refractivity contribution in [1.29, 1.82) is 0 Å². The molecule has 1 aliphatic rings. The van der Waals surface area contributed by atoms with Crippen LogP contribution in [-0.2, 0) is 4.74 Å². The molecule has 0 atom stereocenters. The number of nitrogens with one attached hydrogen (secondary N) is 1. The Balaban J connectivity index is 1.55. The van der Waals surface area contributed by atoms with Gasteiger partial charge >= 0.3 is 0 Å². The lowest BCUT2D eigenvalue weighted by Gasteiger charge is -2.26. The maximum absolute atomic E-state index is 5.86. The number of nitrogens with zero attached hydrogens (tertiary/aromatic N) is 2. The summed E-state index contributed by atoms with van der Waals surface area (Å²) in [5, 5.41) is 3.57. The quantitative estimate of drug-likeness (QED) is 0.784. The highest BCUT2D eigenvalue weighted by Crippen LogP contribution is 2.19. The molecule has 106 valence electrons. The van der Waals surface area contributed by atoms with E-state index in [1.54, 1.807) is 6.20 Å². The van der Waals surface area contributed by atoms with E-state index in [4.69, 9.17) is 22.1 Å². The van der Waals surface area contributed by atoms with Crippen molar-refractivity contribution in [3.63, 3.8) is 0 Å². The molecule has 0 saturated heterocycles. The Morgan fingerprint density at radius 1 is 1.32 bits per heavy atom. The van der Waals surface area contributed by atoms with Crippen LogP contribution < -0.4 is 11.1 Å². The average molecular weight is 285 g/mol. The van der Waals surface area contributed by atoms with Crippen LogP contribution in [0.15, 0.2) is 12.4 Å². The molecule has 1 fully saturated rings. The number of rotatable bonds is 6. The van der Waals surface area contributed by atoms with Gasteiger partial charge in [-0.3, -0.25) is 4.98 Å². The molecule has 1 aromatic heterocycles. The van der Waals surface area contributed by atoms with Crippen molar-refractivity contribution in [1.82, 2.24) is 9.97 Å². The Bertz CT molecular complexity index is 383. The highest BCUT2D eigenvalue weighted by Gasteiger charge is 2.18. The van der Waals surface area contributed by atoms with E-state index in [9.17, 15) is 0 Å². The standard InChI is InChI=1S/C13H21ClN4O/c14-12-8-16-9-13(18-12)17-6-1-7-19-11-4-2-10(15)3-5-11/h8-11H,1-7,15H2,(H,17,18). The minimum absolute atomic E-state index is 0.378. The highest BCUT2D eigenvalue weighted by atomic mass is 35.5. The second-order valence-electron chi connectivity index (χ2n) is 4.91. The molecule has 1 aromatic rings. The van der Waals surface area contributed by atoms with Crippen LogP contribution in [0.2, 0.25) is 5.15 Å². The van der Waals surface area contributed by atoms with Crippen LogP contribution in [0.4, 0.5) is 5.82 Å².